The predicted molar refractivity (Wildman–Crippen MR) is 158 cm³/mol. The van der Waals surface area contributed by atoms with Gasteiger partial charge in [-0.25, -0.2) is 8.42 Å². The topological polar surface area (TPSA) is 105 Å². The number of hydrogen-bond donors (Lipinski definition) is 1. The van der Waals surface area contributed by atoms with Gasteiger partial charge < -0.3 is 19.7 Å². The van der Waals surface area contributed by atoms with E-state index in [-0.39, 0.29) is 23.1 Å². The second-order valence-corrected chi connectivity index (χ2v) is 11.8. The van der Waals surface area contributed by atoms with E-state index in [0.717, 1.165) is 20.8 Å². The molecular formula is C29H34BrN3O6S. The lowest BCUT2D eigenvalue weighted by Crippen LogP contribution is -2.51. The highest BCUT2D eigenvalue weighted by molar-refractivity contribution is 9.10. The van der Waals surface area contributed by atoms with E-state index in [1.165, 1.54) is 37.3 Å². The Hall–Kier alpha value is -3.57. The first-order valence-electron chi connectivity index (χ1n) is 12.7. The number of benzene rings is 3. The van der Waals surface area contributed by atoms with Crippen LogP contribution in [0.4, 0.5) is 5.69 Å². The van der Waals surface area contributed by atoms with Crippen LogP contribution < -0.4 is 19.1 Å². The molecule has 3 rings (SSSR count). The molecule has 3 aromatic carbocycles. The molecule has 3 aromatic rings. The molecule has 11 heteroatoms. The number of ether oxygens (including phenoxy) is 2. The zero-order valence-electron chi connectivity index (χ0n) is 23.0. The molecule has 0 heterocycles. The summed E-state index contributed by atoms with van der Waals surface area (Å²) in [6.45, 7) is 3.63. The first-order valence-corrected chi connectivity index (χ1v) is 15.0. The molecule has 0 aliphatic heterocycles. The number of sulfonamides is 1. The Kier molecular flexibility index (Phi) is 11.0. The monoisotopic (exact) mass is 631 g/mol. The number of nitrogens with one attached hydrogen (secondary N) is 1. The molecule has 0 bridgehead atoms. The predicted octanol–water partition coefficient (Wildman–Crippen LogP) is 4.61. The van der Waals surface area contributed by atoms with Crippen molar-refractivity contribution >= 4 is 43.5 Å². The fraction of sp³-hybridized carbons (Fsp3) is 0.310. The SMILES string of the molecule is CCCNC(=O)[C@@H](C)N(Cc1ccc(Br)cc1)C(=O)CN(c1ccccc1)S(=O)(=O)c1ccc(OC)c(OC)c1. The van der Waals surface area contributed by atoms with E-state index >= 15 is 0 Å². The van der Waals surface area contributed by atoms with Crippen LogP contribution in [0.2, 0.25) is 0 Å². The normalized spacial score (nSPS) is 11.8. The molecule has 0 saturated heterocycles. The standard InChI is InChI=1S/C29H34BrN3O6S/c1-5-17-31-29(35)21(2)32(19-22-11-13-23(30)14-12-22)28(34)20-33(24-9-7-6-8-10-24)40(36,37)25-15-16-26(38-3)27(18-25)39-4/h6-16,18,21H,5,17,19-20H2,1-4H3,(H,31,35)/t21-/m1/s1. The number of halogens is 1. The number of nitrogens with zero attached hydrogens (tertiary/aromatic N) is 2. The number of amides is 2. The van der Waals surface area contributed by atoms with Crippen molar-refractivity contribution in [1.82, 2.24) is 10.2 Å². The van der Waals surface area contributed by atoms with Crippen LogP contribution in [0.1, 0.15) is 25.8 Å². The molecule has 0 aliphatic carbocycles. The molecule has 0 fully saturated rings. The smallest absolute Gasteiger partial charge is 0.264 e. The van der Waals surface area contributed by atoms with Gasteiger partial charge in [0.15, 0.2) is 11.5 Å². The van der Waals surface area contributed by atoms with Gasteiger partial charge in [-0.15, -0.1) is 0 Å². The van der Waals surface area contributed by atoms with Gasteiger partial charge in [-0.3, -0.25) is 13.9 Å². The minimum Gasteiger partial charge on any atom is -0.493 e. The van der Waals surface area contributed by atoms with Gasteiger partial charge in [-0.1, -0.05) is 53.2 Å². The highest BCUT2D eigenvalue weighted by Crippen LogP contribution is 2.32. The van der Waals surface area contributed by atoms with Crippen molar-refractivity contribution in [3.8, 4) is 11.5 Å². The minimum atomic E-state index is -4.24. The quantitative estimate of drug-likeness (QED) is 0.295. The minimum absolute atomic E-state index is 0.0741. The van der Waals surface area contributed by atoms with Crippen LogP contribution in [-0.2, 0) is 26.2 Å². The summed E-state index contributed by atoms with van der Waals surface area (Å²) in [6, 6.07) is 19.2. The van der Waals surface area contributed by atoms with Crippen molar-refractivity contribution in [2.45, 2.75) is 37.8 Å². The number of para-hydroxylation sites is 1. The lowest BCUT2D eigenvalue weighted by atomic mass is 10.1. The Morgan fingerprint density at radius 3 is 2.20 bits per heavy atom. The van der Waals surface area contributed by atoms with Crippen LogP contribution in [0, 0.1) is 0 Å². The zero-order valence-corrected chi connectivity index (χ0v) is 25.4. The van der Waals surface area contributed by atoms with Gasteiger partial charge in [0, 0.05) is 23.6 Å². The van der Waals surface area contributed by atoms with Gasteiger partial charge in [0.1, 0.15) is 12.6 Å². The third-order valence-electron chi connectivity index (χ3n) is 6.25. The van der Waals surface area contributed by atoms with Crippen LogP contribution in [0.15, 0.2) is 82.2 Å². The van der Waals surface area contributed by atoms with Crippen molar-refractivity contribution in [3.05, 3.63) is 82.8 Å². The maximum atomic E-state index is 14.0. The van der Waals surface area contributed by atoms with Crippen LogP contribution in [-0.4, -0.2) is 58.5 Å². The number of carbonyl (C=O) groups is 2. The Bertz CT molecular complexity index is 1400. The zero-order chi connectivity index (χ0) is 29.3. The van der Waals surface area contributed by atoms with Gasteiger partial charge in [-0.2, -0.15) is 0 Å². The van der Waals surface area contributed by atoms with E-state index in [2.05, 4.69) is 21.2 Å². The number of rotatable bonds is 13. The van der Waals surface area contributed by atoms with E-state index in [1.807, 2.05) is 31.2 Å². The van der Waals surface area contributed by atoms with E-state index < -0.39 is 28.5 Å². The summed E-state index contributed by atoms with van der Waals surface area (Å²) < 4.78 is 40.4. The van der Waals surface area contributed by atoms with Gasteiger partial charge in [0.25, 0.3) is 10.0 Å². The maximum absolute atomic E-state index is 14.0. The molecule has 0 saturated carbocycles. The van der Waals surface area contributed by atoms with Crippen LogP contribution in [0.3, 0.4) is 0 Å². The van der Waals surface area contributed by atoms with Crippen molar-refractivity contribution in [2.75, 3.05) is 31.6 Å². The van der Waals surface area contributed by atoms with Crippen LogP contribution in [0.5, 0.6) is 11.5 Å². The summed E-state index contributed by atoms with van der Waals surface area (Å²) >= 11 is 3.41. The molecule has 1 atom stereocenters. The largest absolute Gasteiger partial charge is 0.493 e. The molecule has 9 nitrogen and oxygen atoms in total. The molecule has 40 heavy (non-hydrogen) atoms. The fourth-order valence-corrected chi connectivity index (χ4v) is 5.69. The molecule has 0 radical (unpaired) electrons. The lowest BCUT2D eigenvalue weighted by molar-refractivity contribution is -0.139. The van der Waals surface area contributed by atoms with Crippen LogP contribution >= 0.6 is 15.9 Å². The number of carbonyl (C=O) groups excluding carboxylic acids is 2. The Morgan fingerprint density at radius 1 is 0.950 bits per heavy atom. The fourth-order valence-electron chi connectivity index (χ4n) is 3.99. The van der Waals surface area contributed by atoms with Gasteiger partial charge in [0.05, 0.1) is 24.8 Å². The van der Waals surface area contributed by atoms with E-state index in [1.54, 1.807) is 37.3 Å². The van der Waals surface area contributed by atoms with E-state index in [0.29, 0.717) is 18.0 Å². The second-order valence-electron chi connectivity index (χ2n) is 8.98. The number of methoxy groups -OCH3 is 2. The summed E-state index contributed by atoms with van der Waals surface area (Å²) in [7, 11) is -1.36. The number of anilines is 1. The average Bonchev–Trinajstić information content (AvgIpc) is 2.97. The highest BCUT2D eigenvalue weighted by atomic mass is 79.9. The number of hydrogen-bond acceptors (Lipinski definition) is 6. The average molecular weight is 633 g/mol. The molecule has 0 aliphatic rings. The van der Waals surface area contributed by atoms with Crippen molar-refractivity contribution in [1.29, 1.82) is 0 Å². The Labute approximate surface area is 244 Å². The first-order chi connectivity index (χ1) is 19.1. The summed E-state index contributed by atoms with van der Waals surface area (Å²) in [6.07, 6.45) is 0.741. The molecule has 214 valence electrons. The molecule has 0 unspecified atom stereocenters. The molecule has 2 amide bonds. The Morgan fingerprint density at radius 2 is 1.60 bits per heavy atom. The third-order valence-corrected chi connectivity index (χ3v) is 8.55. The summed E-state index contributed by atoms with van der Waals surface area (Å²) in [5.41, 5.74) is 1.10. The van der Waals surface area contributed by atoms with Gasteiger partial charge >= 0.3 is 0 Å². The highest BCUT2D eigenvalue weighted by Gasteiger charge is 2.33. The van der Waals surface area contributed by atoms with Crippen molar-refractivity contribution in [3.63, 3.8) is 0 Å². The van der Waals surface area contributed by atoms with Crippen molar-refractivity contribution < 1.29 is 27.5 Å². The van der Waals surface area contributed by atoms with Gasteiger partial charge in [-0.05, 0) is 55.3 Å². The summed E-state index contributed by atoms with van der Waals surface area (Å²) in [4.78, 5) is 28.2. The lowest BCUT2D eigenvalue weighted by Gasteiger charge is -2.32. The van der Waals surface area contributed by atoms with E-state index in [4.69, 9.17) is 9.47 Å². The third kappa shape index (κ3) is 7.54. The maximum Gasteiger partial charge on any atom is 0.264 e. The van der Waals surface area contributed by atoms with Crippen molar-refractivity contribution in [2.24, 2.45) is 0 Å². The molecule has 0 spiro atoms. The summed E-state index contributed by atoms with van der Waals surface area (Å²) in [5, 5.41) is 2.83. The van der Waals surface area contributed by atoms with Crippen LogP contribution in [0.25, 0.3) is 0 Å². The van der Waals surface area contributed by atoms with Gasteiger partial charge in [0.2, 0.25) is 11.8 Å². The first kappa shape index (κ1) is 31.0. The van der Waals surface area contributed by atoms with E-state index in [9.17, 15) is 18.0 Å². The second kappa shape index (κ2) is 14.2. The molecular weight excluding hydrogens is 598 g/mol. The summed E-state index contributed by atoms with van der Waals surface area (Å²) in [5.74, 6) is -0.242. The Balaban J connectivity index is 2.02. The molecule has 1 N–H and O–H groups in total. The molecule has 0 aromatic heterocycles.